The molecule has 2 heterocycles. The van der Waals surface area contributed by atoms with Crippen LogP contribution in [0.4, 0.5) is 11.6 Å². The number of ether oxygens (including phenoxy) is 2. The highest BCUT2D eigenvalue weighted by atomic mass is 79.9. The Kier molecular flexibility index (Phi) is 6.91. The molecule has 1 unspecified atom stereocenters. The number of rotatable bonds is 7. The van der Waals surface area contributed by atoms with E-state index in [4.69, 9.17) is 9.47 Å². The molecule has 0 saturated carbocycles. The monoisotopic (exact) mass is 560 g/mol. The smallest absolute Gasteiger partial charge is 0.255 e. The first kappa shape index (κ1) is 24.5. The van der Waals surface area contributed by atoms with E-state index in [9.17, 15) is 4.79 Å². The molecule has 0 spiro atoms. The third-order valence-corrected chi connectivity index (χ3v) is 6.78. The number of benzene rings is 3. The summed E-state index contributed by atoms with van der Waals surface area (Å²) in [5.74, 6) is 1.26. The number of para-hydroxylation sites is 1. The molecule has 0 fully saturated rings. The van der Waals surface area contributed by atoms with Gasteiger partial charge in [-0.1, -0.05) is 47.6 Å². The van der Waals surface area contributed by atoms with Crippen molar-refractivity contribution >= 4 is 33.5 Å². The van der Waals surface area contributed by atoms with Crippen LogP contribution in [-0.2, 0) is 11.4 Å². The molecule has 4 aromatic rings. The average molecular weight is 561 g/mol. The van der Waals surface area contributed by atoms with E-state index in [0.717, 1.165) is 16.7 Å². The first-order chi connectivity index (χ1) is 18.0. The van der Waals surface area contributed by atoms with Crippen molar-refractivity contribution in [3.63, 3.8) is 0 Å². The number of nitrogens with zero attached hydrogens (tertiary/aromatic N) is 4. The zero-order valence-electron chi connectivity index (χ0n) is 20.5. The lowest BCUT2D eigenvalue weighted by molar-refractivity contribution is -0.113. The Morgan fingerprint density at radius 3 is 2.62 bits per heavy atom. The van der Waals surface area contributed by atoms with Crippen molar-refractivity contribution in [1.29, 1.82) is 0 Å². The molecule has 0 bridgehead atoms. The highest BCUT2D eigenvalue weighted by molar-refractivity contribution is 9.10. The Labute approximate surface area is 222 Å². The maximum Gasteiger partial charge on any atom is 0.255 e. The van der Waals surface area contributed by atoms with Crippen LogP contribution >= 0.6 is 15.9 Å². The van der Waals surface area contributed by atoms with Gasteiger partial charge in [-0.05, 0) is 81.2 Å². The van der Waals surface area contributed by atoms with E-state index < -0.39 is 6.04 Å². The molecule has 2 N–H and O–H groups in total. The Bertz CT molecular complexity index is 1480. The third-order valence-electron chi connectivity index (χ3n) is 6.19. The van der Waals surface area contributed by atoms with Crippen LogP contribution in [0, 0.1) is 6.92 Å². The lowest BCUT2D eigenvalue weighted by atomic mass is 9.94. The van der Waals surface area contributed by atoms with Gasteiger partial charge in [-0.25, -0.2) is 0 Å². The number of anilines is 2. The largest absolute Gasteiger partial charge is 0.493 e. The zero-order valence-corrected chi connectivity index (χ0v) is 22.1. The summed E-state index contributed by atoms with van der Waals surface area (Å²) in [6.07, 6.45) is 0. The molecule has 0 saturated heterocycles. The van der Waals surface area contributed by atoms with E-state index in [-0.39, 0.29) is 5.91 Å². The normalized spacial score (nSPS) is 14.5. The fourth-order valence-corrected chi connectivity index (χ4v) is 4.87. The van der Waals surface area contributed by atoms with Gasteiger partial charge < -0.3 is 20.1 Å². The molecule has 1 atom stereocenters. The Morgan fingerprint density at radius 2 is 1.86 bits per heavy atom. The number of aromatic nitrogens is 4. The Hall–Kier alpha value is -4.18. The first-order valence-electron chi connectivity index (χ1n) is 11.6. The summed E-state index contributed by atoms with van der Waals surface area (Å²) < 4.78 is 14.2. The number of amides is 1. The van der Waals surface area contributed by atoms with Crippen LogP contribution in [-0.4, -0.2) is 33.2 Å². The van der Waals surface area contributed by atoms with Gasteiger partial charge in [0.25, 0.3) is 5.91 Å². The molecule has 3 aromatic carbocycles. The lowest BCUT2D eigenvalue weighted by Crippen LogP contribution is -2.31. The standard InChI is InChI=1S/C27H25BrN6O3/c1-16-9-7-8-10-18(16)15-37-25-21(28)13-19(14-22(25)36-3)24-23(17(2)29-27-31-32-33-34(24)27)26(35)30-20-11-5-4-6-12-20/h4-14,24H,15H2,1-3H3,(H,30,35)(H,29,31,33). The number of methoxy groups -OCH3 is 1. The molecule has 5 rings (SSSR count). The van der Waals surface area contributed by atoms with Gasteiger partial charge in [0.2, 0.25) is 5.95 Å². The van der Waals surface area contributed by atoms with E-state index in [0.29, 0.717) is 45.5 Å². The van der Waals surface area contributed by atoms with Crippen LogP contribution in [0.3, 0.4) is 0 Å². The maximum atomic E-state index is 13.5. The molecule has 1 aliphatic rings. The summed E-state index contributed by atoms with van der Waals surface area (Å²) in [5.41, 5.74) is 4.79. The predicted molar refractivity (Wildman–Crippen MR) is 144 cm³/mol. The van der Waals surface area contributed by atoms with Gasteiger partial charge in [0.05, 0.1) is 17.2 Å². The van der Waals surface area contributed by atoms with Crippen molar-refractivity contribution in [3.05, 3.63) is 99.2 Å². The fourth-order valence-electron chi connectivity index (χ4n) is 4.29. The fraction of sp³-hybridized carbons (Fsp3) is 0.185. The van der Waals surface area contributed by atoms with Crippen molar-refractivity contribution in [2.24, 2.45) is 0 Å². The van der Waals surface area contributed by atoms with Gasteiger partial charge in [-0.2, -0.15) is 4.68 Å². The molecule has 0 aliphatic carbocycles. The van der Waals surface area contributed by atoms with Gasteiger partial charge in [-0.3, -0.25) is 4.79 Å². The predicted octanol–water partition coefficient (Wildman–Crippen LogP) is 5.26. The molecule has 1 amide bonds. The van der Waals surface area contributed by atoms with Crippen LogP contribution in [0.25, 0.3) is 0 Å². The van der Waals surface area contributed by atoms with Crippen molar-refractivity contribution in [1.82, 2.24) is 20.2 Å². The molecule has 0 radical (unpaired) electrons. The van der Waals surface area contributed by atoms with Crippen LogP contribution in [0.5, 0.6) is 11.5 Å². The second kappa shape index (κ2) is 10.4. The summed E-state index contributed by atoms with van der Waals surface area (Å²) in [5, 5.41) is 18.2. The molecule has 1 aliphatic heterocycles. The van der Waals surface area contributed by atoms with Crippen molar-refractivity contribution < 1.29 is 14.3 Å². The van der Waals surface area contributed by atoms with E-state index >= 15 is 0 Å². The SMILES string of the molecule is COc1cc(C2C(C(=O)Nc3ccccc3)=C(C)Nc3nnnn32)cc(Br)c1OCc1ccccc1C. The van der Waals surface area contributed by atoms with Crippen LogP contribution in [0.15, 0.2) is 82.5 Å². The molecule has 1 aromatic heterocycles. The van der Waals surface area contributed by atoms with Crippen molar-refractivity contribution in [2.45, 2.75) is 26.5 Å². The van der Waals surface area contributed by atoms with Crippen molar-refractivity contribution in [2.75, 3.05) is 17.7 Å². The Morgan fingerprint density at radius 1 is 1.11 bits per heavy atom. The van der Waals surface area contributed by atoms with E-state index in [2.05, 4.69) is 42.1 Å². The van der Waals surface area contributed by atoms with Gasteiger partial charge in [0.1, 0.15) is 12.6 Å². The van der Waals surface area contributed by atoms with Gasteiger partial charge in [0, 0.05) is 11.4 Å². The van der Waals surface area contributed by atoms with Crippen LogP contribution < -0.4 is 20.1 Å². The van der Waals surface area contributed by atoms with E-state index in [1.165, 1.54) is 0 Å². The molecular formula is C27H25BrN6O3. The number of nitrogens with one attached hydrogen (secondary N) is 2. The quantitative estimate of drug-likeness (QED) is 0.317. The number of allylic oxidation sites excluding steroid dienone is 1. The zero-order chi connectivity index (χ0) is 25.9. The third kappa shape index (κ3) is 4.92. The van der Waals surface area contributed by atoms with Gasteiger partial charge >= 0.3 is 0 Å². The number of aryl methyl sites for hydroxylation is 1. The second-order valence-electron chi connectivity index (χ2n) is 8.58. The maximum absolute atomic E-state index is 13.5. The molecule has 188 valence electrons. The minimum atomic E-state index is -0.606. The summed E-state index contributed by atoms with van der Waals surface area (Å²) in [4.78, 5) is 13.5. The Balaban J connectivity index is 1.52. The minimum absolute atomic E-state index is 0.266. The highest BCUT2D eigenvalue weighted by Crippen LogP contribution is 2.43. The van der Waals surface area contributed by atoms with Crippen molar-refractivity contribution in [3.8, 4) is 11.5 Å². The van der Waals surface area contributed by atoms with Crippen LogP contribution in [0.1, 0.15) is 29.7 Å². The summed E-state index contributed by atoms with van der Waals surface area (Å²) >= 11 is 3.66. The second-order valence-corrected chi connectivity index (χ2v) is 9.44. The number of carbonyl (C=O) groups is 1. The molecule has 9 nitrogen and oxygen atoms in total. The number of fused-ring (bicyclic) bond motifs is 1. The summed E-state index contributed by atoms with van der Waals surface area (Å²) in [6.45, 7) is 4.26. The average Bonchev–Trinajstić information content (AvgIpc) is 3.36. The number of hydrogen-bond donors (Lipinski definition) is 2. The van der Waals surface area contributed by atoms with E-state index in [1.54, 1.807) is 11.8 Å². The molecule has 10 heteroatoms. The molecule has 37 heavy (non-hydrogen) atoms. The number of hydrogen-bond acceptors (Lipinski definition) is 7. The molecular weight excluding hydrogens is 536 g/mol. The first-order valence-corrected chi connectivity index (χ1v) is 12.4. The summed E-state index contributed by atoms with van der Waals surface area (Å²) in [6, 6.07) is 20.5. The number of carbonyl (C=O) groups excluding carboxylic acids is 1. The highest BCUT2D eigenvalue weighted by Gasteiger charge is 2.35. The van der Waals surface area contributed by atoms with Crippen LogP contribution in [0.2, 0.25) is 0 Å². The van der Waals surface area contributed by atoms with E-state index in [1.807, 2.05) is 80.6 Å². The van der Waals surface area contributed by atoms with Gasteiger partial charge in [-0.15, -0.1) is 0 Å². The number of halogens is 1. The lowest BCUT2D eigenvalue weighted by Gasteiger charge is -2.28. The summed E-state index contributed by atoms with van der Waals surface area (Å²) in [7, 11) is 1.58. The minimum Gasteiger partial charge on any atom is -0.493 e. The van der Waals surface area contributed by atoms with Gasteiger partial charge in [0.15, 0.2) is 11.5 Å². The topological polar surface area (TPSA) is 103 Å². The number of tetrazole rings is 1.